The smallest absolute Gasteiger partial charge is 0.251 e. The van der Waals surface area contributed by atoms with Crippen LogP contribution in [0, 0.1) is 0 Å². The van der Waals surface area contributed by atoms with E-state index in [0.29, 0.717) is 5.92 Å². The second kappa shape index (κ2) is 10.3. The molecule has 2 aromatic carbocycles. The zero-order valence-electron chi connectivity index (χ0n) is 17.2. The van der Waals surface area contributed by atoms with E-state index in [9.17, 15) is 4.79 Å². The lowest BCUT2D eigenvalue weighted by Gasteiger charge is -2.36. The Bertz CT molecular complexity index is 719. The maximum absolute atomic E-state index is 12.2. The lowest BCUT2D eigenvalue weighted by molar-refractivity contribution is 0.0952. The van der Waals surface area contributed by atoms with Gasteiger partial charge in [-0.2, -0.15) is 0 Å². The van der Waals surface area contributed by atoms with Gasteiger partial charge in [0.15, 0.2) is 0 Å². The van der Waals surface area contributed by atoms with E-state index in [0.717, 1.165) is 57.7 Å². The van der Waals surface area contributed by atoms with Crippen molar-refractivity contribution < 1.29 is 4.79 Å². The fraction of sp³-hybridized carbons (Fsp3) is 0.458. The molecule has 0 saturated carbocycles. The van der Waals surface area contributed by atoms with Gasteiger partial charge in [0.2, 0.25) is 0 Å². The SMILES string of the molecule is CC(C)c1ccc(C(=O)NCCCCN2CCN(c3ccccc3)CC2)cc1. The van der Waals surface area contributed by atoms with Gasteiger partial charge in [-0.3, -0.25) is 9.69 Å². The lowest BCUT2D eigenvalue weighted by atomic mass is 10.0. The van der Waals surface area contributed by atoms with Crippen LogP contribution in [0.5, 0.6) is 0 Å². The standard InChI is InChI=1S/C24H33N3O/c1-20(2)21-10-12-22(13-11-21)24(28)25-14-6-7-15-26-16-18-27(19-17-26)23-8-4-3-5-9-23/h3-5,8-13,20H,6-7,14-19H2,1-2H3,(H,25,28). The van der Waals surface area contributed by atoms with Gasteiger partial charge in [0.1, 0.15) is 0 Å². The summed E-state index contributed by atoms with van der Waals surface area (Å²) >= 11 is 0. The summed E-state index contributed by atoms with van der Waals surface area (Å²) in [6.45, 7) is 10.6. The van der Waals surface area contributed by atoms with E-state index in [1.165, 1.54) is 11.3 Å². The zero-order chi connectivity index (χ0) is 19.8. The predicted octanol–water partition coefficient (Wildman–Crippen LogP) is 4.14. The first-order valence-electron chi connectivity index (χ1n) is 10.5. The minimum Gasteiger partial charge on any atom is -0.369 e. The normalized spacial score (nSPS) is 15.0. The van der Waals surface area contributed by atoms with Crippen molar-refractivity contribution in [1.82, 2.24) is 10.2 Å². The highest BCUT2D eigenvalue weighted by Gasteiger charge is 2.16. The number of nitrogens with zero attached hydrogens (tertiary/aromatic N) is 2. The summed E-state index contributed by atoms with van der Waals surface area (Å²) in [6.07, 6.45) is 2.15. The van der Waals surface area contributed by atoms with E-state index in [-0.39, 0.29) is 5.91 Å². The molecule has 1 heterocycles. The molecule has 0 aromatic heterocycles. The van der Waals surface area contributed by atoms with E-state index >= 15 is 0 Å². The van der Waals surface area contributed by atoms with Crippen LogP contribution in [-0.4, -0.2) is 50.1 Å². The molecule has 150 valence electrons. The molecule has 1 amide bonds. The van der Waals surface area contributed by atoms with Gasteiger partial charge < -0.3 is 10.2 Å². The highest BCUT2D eigenvalue weighted by Crippen LogP contribution is 2.16. The van der Waals surface area contributed by atoms with Crippen molar-refractivity contribution in [2.75, 3.05) is 44.2 Å². The number of para-hydroxylation sites is 1. The highest BCUT2D eigenvalue weighted by molar-refractivity contribution is 5.94. The number of benzene rings is 2. The minimum atomic E-state index is 0.0341. The van der Waals surface area contributed by atoms with Gasteiger partial charge in [0, 0.05) is 44.0 Å². The van der Waals surface area contributed by atoms with Crippen molar-refractivity contribution in [2.24, 2.45) is 0 Å². The van der Waals surface area contributed by atoms with E-state index in [1.54, 1.807) is 0 Å². The molecule has 1 aliphatic heterocycles. The third-order valence-corrected chi connectivity index (χ3v) is 5.52. The van der Waals surface area contributed by atoms with Crippen LogP contribution in [0.15, 0.2) is 54.6 Å². The summed E-state index contributed by atoms with van der Waals surface area (Å²) in [6, 6.07) is 18.6. The Balaban J connectivity index is 1.29. The highest BCUT2D eigenvalue weighted by atomic mass is 16.1. The molecule has 0 atom stereocenters. The molecule has 2 aromatic rings. The Hall–Kier alpha value is -2.33. The monoisotopic (exact) mass is 379 g/mol. The van der Waals surface area contributed by atoms with E-state index in [2.05, 4.69) is 71.4 Å². The largest absolute Gasteiger partial charge is 0.369 e. The Kier molecular flexibility index (Phi) is 7.49. The van der Waals surface area contributed by atoms with Crippen LogP contribution in [0.1, 0.15) is 48.5 Å². The third kappa shape index (κ3) is 5.83. The van der Waals surface area contributed by atoms with E-state index in [1.807, 2.05) is 12.1 Å². The van der Waals surface area contributed by atoms with Crippen LogP contribution >= 0.6 is 0 Å². The molecule has 0 bridgehead atoms. The summed E-state index contributed by atoms with van der Waals surface area (Å²) in [7, 11) is 0. The number of hydrogen-bond acceptors (Lipinski definition) is 3. The van der Waals surface area contributed by atoms with Crippen molar-refractivity contribution in [2.45, 2.75) is 32.6 Å². The van der Waals surface area contributed by atoms with Gasteiger partial charge in [-0.1, -0.05) is 44.2 Å². The number of rotatable bonds is 8. The molecule has 0 radical (unpaired) electrons. The summed E-state index contributed by atoms with van der Waals surface area (Å²) < 4.78 is 0. The number of unbranched alkanes of at least 4 members (excludes halogenated alkanes) is 1. The molecule has 28 heavy (non-hydrogen) atoms. The molecule has 1 fully saturated rings. The topological polar surface area (TPSA) is 35.6 Å². The van der Waals surface area contributed by atoms with Gasteiger partial charge in [-0.05, 0) is 55.1 Å². The van der Waals surface area contributed by atoms with Gasteiger partial charge in [0.25, 0.3) is 5.91 Å². The number of anilines is 1. The number of carbonyl (C=O) groups is 1. The first-order chi connectivity index (χ1) is 13.6. The van der Waals surface area contributed by atoms with Crippen LogP contribution in [0.3, 0.4) is 0 Å². The van der Waals surface area contributed by atoms with Crippen LogP contribution in [0.2, 0.25) is 0 Å². The van der Waals surface area contributed by atoms with Crippen LogP contribution < -0.4 is 10.2 Å². The van der Waals surface area contributed by atoms with Crippen LogP contribution in [0.4, 0.5) is 5.69 Å². The molecular formula is C24H33N3O. The molecule has 4 heteroatoms. The van der Waals surface area contributed by atoms with Gasteiger partial charge in [-0.15, -0.1) is 0 Å². The quantitative estimate of drug-likeness (QED) is 0.700. The Labute approximate surface area is 169 Å². The van der Waals surface area contributed by atoms with Gasteiger partial charge in [0.05, 0.1) is 0 Å². The molecule has 1 aliphatic rings. The number of nitrogens with one attached hydrogen (secondary N) is 1. The Morgan fingerprint density at radius 3 is 2.25 bits per heavy atom. The maximum atomic E-state index is 12.2. The summed E-state index contributed by atoms with van der Waals surface area (Å²) in [4.78, 5) is 17.2. The molecule has 0 spiro atoms. The second-order valence-electron chi connectivity index (χ2n) is 7.90. The Morgan fingerprint density at radius 2 is 1.61 bits per heavy atom. The number of carbonyl (C=O) groups excluding carboxylic acids is 1. The van der Waals surface area contributed by atoms with E-state index < -0.39 is 0 Å². The molecule has 0 aliphatic carbocycles. The maximum Gasteiger partial charge on any atom is 0.251 e. The average Bonchev–Trinajstić information content (AvgIpc) is 2.74. The molecule has 1 saturated heterocycles. The first-order valence-corrected chi connectivity index (χ1v) is 10.5. The van der Waals surface area contributed by atoms with Crippen molar-refractivity contribution in [3.63, 3.8) is 0 Å². The van der Waals surface area contributed by atoms with Crippen LogP contribution in [-0.2, 0) is 0 Å². The average molecular weight is 380 g/mol. The second-order valence-corrected chi connectivity index (χ2v) is 7.90. The summed E-state index contributed by atoms with van der Waals surface area (Å²) in [5.41, 5.74) is 3.34. The number of amides is 1. The summed E-state index contributed by atoms with van der Waals surface area (Å²) in [5.74, 6) is 0.526. The molecular weight excluding hydrogens is 346 g/mol. The Morgan fingerprint density at radius 1 is 0.929 bits per heavy atom. The number of piperazine rings is 1. The molecule has 4 nitrogen and oxygen atoms in total. The fourth-order valence-electron chi connectivity index (χ4n) is 3.65. The van der Waals surface area contributed by atoms with Crippen molar-refractivity contribution in [3.05, 3.63) is 65.7 Å². The van der Waals surface area contributed by atoms with E-state index in [4.69, 9.17) is 0 Å². The molecule has 1 N–H and O–H groups in total. The number of hydrogen-bond donors (Lipinski definition) is 1. The zero-order valence-corrected chi connectivity index (χ0v) is 17.2. The van der Waals surface area contributed by atoms with Gasteiger partial charge >= 0.3 is 0 Å². The summed E-state index contributed by atoms with van der Waals surface area (Å²) in [5, 5.41) is 3.05. The third-order valence-electron chi connectivity index (χ3n) is 5.52. The molecule has 0 unspecified atom stereocenters. The van der Waals surface area contributed by atoms with Crippen molar-refractivity contribution in [1.29, 1.82) is 0 Å². The fourth-order valence-corrected chi connectivity index (χ4v) is 3.65. The van der Waals surface area contributed by atoms with Crippen molar-refractivity contribution >= 4 is 11.6 Å². The first kappa shape index (κ1) is 20.4. The predicted molar refractivity (Wildman–Crippen MR) is 117 cm³/mol. The van der Waals surface area contributed by atoms with Crippen molar-refractivity contribution in [3.8, 4) is 0 Å². The van der Waals surface area contributed by atoms with Gasteiger partial charge in [-0.25, -0.2) is 0 Å². The molecule has 3 rings (SSSR count). The minimum absolute atomic E-state index is 0.0341. The van der Waals surface area contributed by atoms with Crippen LogP contribution in [0.25, 0.3) is 0 Å². The lowest BCUT2D eigenvalue weighted by Crippen LogP contribution is -2.46.